The maximum atomic E-state index is 10.2. The van der Waals surface area contributed by atoms with Crippen LogP contribution in [0.2, 0.25) is 5.02 Å². The lowest BCUT2D eigenvalue weighted by Crippen LogP contribution is -2.16. The van der Waals surface area contributed by atoms with Gasteiger partial charge in [-0.05, 0) is 65.1 Å². The summed E-state index contributed by atoms with van der Waals surface area (Å²) in [4.78, 5) is 0. The third-order valence-corrected chi connectivity index (χ3v) is 5.67. The SMILES string of the molecule is CCC(C)(C)c1ccc(OCCNc2cc(/C(C)=C/C(C)(C)C)ccc2O)c(Cl)c1. The number of phenols is 1. The molecule has 2 rings (SSSR count). The van der Waals surface area contributed by atoms with Gasteiger partial charge in [0, 0.05) is 6.54 Å². The number of anilines is 1. The molecular weight excluding hydrogens is 394 g/mol. The Bertz CT molecular complexity index is 894. The summed E-state index contributed by atoms with van der Waals surface area (Å²) in [6, 6.07) is 11.7. The fraction of sp³-hybridized carbons (Fsp3) is 0.462. The summed E-state index contributed by atoms with van der Waals surface area (Å²) in [7, 11) is 0. The van der Waals surface area contributed by atoms with Gasteiger partial charge in [0.2, 0.25) is 0 Å². The van der Waals surface area contributed by atoms with Crippen LogP contribution in [-0.2, 0) is 5.41 Å². The van der Waals surface area contributed by atoms with Crippen molar-refractivity contribution in [3.8, 4) is 11.5 Å². The minimum Gasteiger partial charge on any atom is -0.506 e. The number of hydrogen-bond acceptors (Lipinski definition) is 3. The van der Waals surface area contributed by atoms with Gasteiger partial charge < -0.3 is 15.2 Å². The van der Waals surface area contributed by atoms with Gasteiger partial charge in [-0.15, -0.1) is 0 Å². The molecule has 0 heterocycles. The smallest absolute Gasteiger partial charge is 0.138 e. The molecule has 2 N–H and O–H groups in total. The molecule has 164 valence electrons. The van der Waals surface area contributed by atoms with E-state index in [1.807, 2.05) is 24.3 Å². The molecule has 2 aromatic rings. The van der Waals surface area contributed by atoms with Crippen LogP contribution in [0, 0.1) is 5.41 Å². The summed E-state index contributed by atoms with van der Waals surface area (Å²) in [5, 5.41) is 14.1. The summed E-state index contributed by atoms with van der Waals surface area (Å²) in [5.74, 6) is 0.905. The van der Waals surface area contributed by atoms with Crippen LogP contribution in [0.15, 0.2) is 42.5 Å². The average molecular weight is 430 g/mol. The maximum Gasteiger partial charge on any atom is 0.138 e. The van der Waals surface area contributed by atoms with Gasteiger partial charge in [-0.1, -0.05) is 71.4 Å². The molecule has 0 saturated carbocycles. The first-order chi connectivity index (χ1) is 13.9. The van der Waals surface area contributed by atoms with Crippen LogP contribution >= 0.6 is 11.6 Å². The van der Waals surface area contributed by atoms with Crippen LogP contribution in [0.4, 0.5) is 5.69 Å². The van der Waals surface area contributed by atoms with E-state index in [2.05, 4.69) is 65.9 Å². The van der Waals surface area contributed by atoms with E-state index >= 15 is 0 Å². The first kappa shape index (κ1) is 24.1. The highest BCUT2D eigenvalue weighted by Gasteiger charge is 2.19. The van der Waals surface area contributed by atoms with Gasteiger partial charge in [-0.3, -0.25) is 0 Å². The number of halogens is 1. The number of allylic oxidation sites excluding steroid dienone is 2. The molecule has 0 fully saturated rings. The Hall–Kier alpha value is -2.13. The molecule has 0 amide bonds. The van der Waals surface area contributed by atoms with Crippen molar-refractivity contribution >= 4 is 22.9 Å². The summed E-state index contributed by atoms with van der Waals surface area (Å²) in [5.41, 5.74) is 4.37. The number of rotatable bonds is 8. The van der Waals surface area contributed by atoms with E-state index in [1.165, 1.54) is 11.1 Å². The van der Waals surface area contributed by atoms with Gasteiger partial charge in [0.25, 0.3) is 0 Å². The van der Waals surface area contributed by atoms with Gasteiger partial charge in [-0.25, -0.2) is 0 Å². The lowest BCUT2D eigenvalue weighted by Gasteiger charge is -2.24. The molecule has 30 heavy (non-hydrogen) atoms. The Balaban J connectivity index is 1.99. The Morgan fingerprint density at radius 2 is 1.80 bits per heavy atom. The number of benzene rings is 2. The number of ether oxygens (including phenoxy) is 1. The van der Waals surface area contributed by atoms with Crippen LogP contribution in [0.25, 0.3) is 5.57 Å². The largest absolute Gasteiger partial charge is 0.506 e. The van der Waals surface area contributed by atoms with Crippen LogP contribution in [0.3, 0.4) is 0 Å². The first-order valence-corrected chi connectivity index (χ1v) is 11.0. The Labute approximate surface area is 187 Å². The third-order valence-electron chi connectivity index (χ3n) is 5.37. The summed E-state index contributed by atoms with van der Waals surface area (Å²) < 4.78 is 5.86. The van der Waals surface area contributed by atoms with E-state index in [9.17, 15) is 5.11 Å². The molecule has 2 aromatic carbocycles. The molecule has 0 radical (unpaired) electrons. The zero-order valence-corrected chi connectivity index (χ0v) is 20.2. The van der Waals surface area contributed by atoms with E-state index in [-0.39, 0.29) is 16.6 Å². The standard InChI is InChI=1S/C26H36ClNO2/c1-8-26(6,7)20-10-12-24(21(27)16-20)30-14-13-28-22-15-19(9-11-23(22)29)18(2)17-25(3,4)5/h9-12,15-17,28-29H,8,13-14H2,1-7H3/b18-17+. The van der Waals surface area contributed by atoms with Gasteiger partial charge in [0.15, 0.2) is 0 Å². The number of hydrogen-bond donors (Lipinski definition) is 2. The van der Waals surface area contributed by atoms with Gasteiger partial charge in [0.1, 0.15) is 18.1 Å². The topological polar surface area (TPSA) is 41.5 Å². The molecule has 0 saturated heterocycles. The van der Waals surface area contributed by atoms with Crippen molar-refractivity contribution in [3.05, 3.63) is 58.6 Å². The normalized spacial score (nSPS) is 12.7. The van der Waals surface area contributed by atoms with E-state index < -0.39 is 0 Å². The monoisotopic (exact) mass is 429 g/mol. The van der Waals surface area contributed by atoms with Gasteiger partial charge in [-0.2, -0.15) is 0 Å². The molecule has 0 atom stereocenters. The second-order valence-electron chi connectivity index (χ2n) is 9.58. The molecule has 0 spiro atoms. The number of nitrogens with one attached hydrogen (secondary N) is 1. The number of aromatic hydroxyl groups is 1. The van der Waals surface area contributed by atoms with Crippen LogP contribution < -0.4 is 10.1 Å². The van der Waals surface area contributed by atoms with E-state index in [1.54, 1.807) is 6.07 Å². The molecular formula is C26H36ClNO2. The number of phenolic OH excluding ortho intramolecular Hbond substituents is 1. The van der Waals surface area contributed by atoms with Gasteiger partial charge in [0.05, 0.1) is 10.7 Å². The van der Waals surface area contributed by atoms with Crippen molar-refractivity contribution in [2.75, 3.05) is 18.5 Å². The van der Waals surface area contributed by atoms with Crippen molar-refractivity contribution in [2.45, 2.75) is 60.3 Å². The molecule has 0 aliphatic heterocycles. The van der Waals surface area contributed by atoms with Crippen molar-refractivity contribution in [2.24, 2.45) is 5.41 Å². The summed E-state index contributed by atoms with van der Waals surface area (Å²) in [6.07, 6.45) is 3.28. The highest BCUT2D eigenvalue weighted by atomic mass is 35.5. The van der Waals surface area contributed by atoms with Crippen LogP contribution in [0.1, 0.15) is 66.0 Å². The predicted molar refractivity (Wildman–Crippen MR) is 130 cm³/mol. The van der Waals surface area contributed by atoms with E-state index in [0.29, 0.717) is 29.6 Å². The van der Waals surface area contributed by atoms with Gasteiger partial charge >= 0.3 is 0 Å². The van der Waals surface area contributed by atoms with Crippen LogP contribution in [-0.4, -0.2) is 18.3 Å². The molecule has 0 aliphatic rings. The van der Waals surface area contributed by atoms with Crippen LogP contribution in [0.5, 0.6) is 11.5 Å². The minimum absolute atomic E-state index is 0.0891. The quantitative estimate of drug-likeness (QED) is 0.334. The van der Waals surface area contributed by atoms with E-state index in [0.717, 1.165) is 12.0 Å². The fourth-order valence-electron chi connectivity index (χ4n) is 3.25. The zero-order chi connectivity index (χ0) is 22.5. The van der Waals surface area contributed by atoms with Crippen molar-refractivity contribution in [3.63, 3.8) is 0 Å². The molecule has 0 unspecified atom stereocenters. The second kappa shape index (κ2) is 9.78. The molecule has 3 nitrogen and oxygen atoms in total. The lowest BCUT2D eigenvalue weighted by atomic mass is 9.82. The Kier molecular flexibility index (Phi) is 7.87. The summed E-state index contributed by atoms with van der Waals surface area (Å²) >= 11 is 6.43. The van der Waals surface area contributed by atoms with Crippen molar-refractivity contribution in [1.82, 2.24) is 0 Å². The molecule has 0 aromatic heterocycles. The second-order valence-corrected chi connectivity index (χ2v) is 9.99. The zero-order valence-electron chi connectivity index (χ0n) is 19.4. The third kappa shape index (κ3) is 6.70. The predicted octanol–water partition coefficient (Wildman–Crippen LogP) is 7.67. The molecule has 0 aliphatic carbocycles. The highest BCUT2D eigenvalue weighted by Crippen LogP contribution is 2.33. The Morgan fingerprint density at radius 3 is 2.40 bits per heavy atom. The fourth-order valence-corrected chi connectivity index (χ4v) is 3.48. The first-order valence-electron chi connectivity index (χ1n) is 10.6. The Morgan fingerprint density at radius 1 is 1.10 bits per heavy atom. The van der Waals surface area contributed by atoms with Crippen molar-refractivity contribution in [1.29, 1.82) is 0 Å². The average Bonchev–Trinajstić information content (AvgIpc) is 2.66. The summed E-state index contributed by atoms with van der Waals surface area (Å²) in [6.45, 7) is 16.2. The highest BCUT2D eigenvalue weighted by molar-refractivity contribution is 6.32. The minimum atomic E-state index is 0.0891. The van der Waals surface area contributed by atoms with Crippen molar-refractivity contribution < 1.29 is 9.84 Å². The maximum absolute atomic E-state index is 10.2. The molecule has 0 bridgehead atoms. The van der Waals surface area contributed by atoms with E-state index in [4.69, 9.17) is 16.3 Å². The lowest BCUT2D eigenvalue weighted by molar-refractivity contribution is 0.332. The molecule has 4 heteroatoms.